The maximum Gasteiger partial charge on any atom is 0.254 e. The number of H-pyrrole nitrogens is 1. The summed E-state index contributed by atoms with van der Waals surface area (Å²) < 4.78 is 16.2. The number of nitrogens with one attached hydrogen (secondary N) is 1. The number of carbonyl (C=O) groups excluding carboxylic acids is 1. The largest absolute Gasteiger partial charge is 0.493 e. The number of likely N-dealkylation sites (tertiary alicyclic amines) is 1. The van der Waals surface area contributed by atoms with Gasteiger partial charge in [-0.15, -0.1) is 0 Å². The fourth-order valence-corrected chi connectivity index (χ4v) is 3.96. The third kappa shape index (κ3) is 3.48. The topological polar surface area (TPSA) is 76.7 Å². The fraction of sp³-hybridized carbons (Fsp3) is 0.364. The Labute approximate surface area is 169 Å². The molecule has 1 saturated heterocycles. The summed E-state index contributed by atoms with van der Waals surface area (Å²) in [5.41, 5.74) is 2.39. The van der Waals surface area contributed by atoms with Crippen LogP contribution in [0.25, 0.3) is 11.0 Å². The van der Waals surface area contributed by atoms with Gasteiger partial charge in [-0.2, -0.15) is 0 Å². The fourth-order valence-electron chi connectivity index (χ4n) is 3.96. The first-order chi connectivity index (χ1) is 14.2. The molecule has 7 heteroatoms. The molecule has 1 amide bonds. The van der Waals surface area contributed by atoms with Crippen LogP contribution in [0.2, 0.25) is 0 Å². The van der Waals surface area contributed by atoms with Gasteiger partial charge in [-0.05, 0) is 43.5 Å². The lowest BCUT2D eigenvalue weighted by Crippen LogP contribution is -2.39. The molecule has 0 unspecified atom stereocenters. The molecule has 152 valence electrons. The Balaban J connectivity index is 1.70. The molecule has 0 aliphatic carbocycles. The first kappa shape index (κ1) is 19.1. The maximum atomic E-state index is 13.5. The number of hydrogen-bond donors (Lipinski definition) is 1. The second kappa shape index (κ2) is 8.03. The molecule has 0 saturated carbocycles. The minimum atomic E-state index is -0.0947. The monoisotopic (exact) mass is 395 g/mol. The predicted octanol–water partition coefficient (Wildman–Crippen LogP) is 3.96. The third-order valence-electron chi connectivity index (χ3n) is 5.40. The second-order valence-corrected chi connectivity index (χ2v) is 7.06. The Morgan fingerprint density at radius 3 is 2.45 bits per heavy atom. The van der Waals surface area contributed by atoms with E-state index < -0.39 is 0 Å². The normalized spacial score (nSPS) is 16.7. The van der Waals surface area contributed by atoms with Gasteiger partial charge in [0.05, 0.1) is 38.4 Å². The number of fused-ring (bicyclic) bond motifs is 1. The lowest BCUT2D eigenvalue weighted by atomic mass is 10.00. The molecule has 29 heavy (non-hydrogen) atoms. The summed E-state index contributed by atoms with van der Waals surface area (Å²) in [4.78, 5) is 23.5. The summed E-state index contributed by atoms with van der Waals surface area (Å²) >= 11 is 0. The number of hydrogen-bond acceptors (Lipinski definition) is 5. The van der Waals surface area contributed by atoms with Crippen molar-refractivity contribution in [3.05, 3.63) is 47.8 Å². The summed E-state index contributed by atoms with van der Waals surface area (Å²) in [5.74, 6) is 2.15. The number of para-hydroxylation sites is 2. The average Bonchev–Trinajstić information content (AvgIpc) is 3.21. The van der Waals surface area contributed by atoms with E-state index >= 15 is 0 Å². The molecular weight excluding hydrogens is 370 g/mol. The number of rotatable bonds is 5. The summed E-state index contributed by atoms with van der Waals surface area (Å²) in [7, 11) is 4.64. The van der Waals surface area contributed by atoms with Crippen molar-refractivity contribution in [3.8, 4) is 17.2 Å². The summed E-state index contributed by atoms with van der Waals surface area (Å²) in [6.45, 7) is 0.678. The Hall–Kier alpha value is -3.22. The van der Waals surface area contributed by atoms with E-state index in [-0.39, 0.29) is 11.9 Å². The van der Waals surface area contributed by atoms with Crippen LogP contribution in [0.15, 0.2) is 36.4 Å². The van der Waals surface area contributed by atoms with Crippen molar-refractivity contribution in [2.45, 2.75) is 25.3 Å². The minimum absolute atomic E-state index is 0.0746. The lowest BCUT2D eigenvalue weighted by molar-refractivity contribution is 0.0600. The van der Waals surface area contributed by atoms with Crippen LogP contribution in [-0.2, 0) is 0 Å². The van der Waals surface area contributed by atoms with Gasteiger partial charge in [0, 0.05) is 12.1 Å². The van der Waals surface area contributed by atoms with Gasteiger partial charge in [-0.3, -0.25) is 4.79 Å². The molecule has 3 aromatic rings. The van der Waals surface area contributed by atoms with Crippen LogP contribution in [0.1, 0.15) is 41.5 Å². The number of ether oxygens (including phenoxy) is 3. The highest BCUT2D eigenvalue weighted by Crippen LogP contribution is 2.39. The minimum Gasteiger partial charge on any atom is -0.493 e. The van der Waals surface area contributed by atoms with Crippen LogP contribution in [0.3, 0.4) is 0 Å². The molecule has 1 aliphatic heterocycles. The van der Waals surface area contributed by atoms with Gasteiger partial charge < -0.3 is 24.1 Å². The van der Waals surface area contributed by atoms with E-state index in [0.717, 1.165) is 36.1 Å². The van der Waals surface area contributed by atoms with Crippen molar-refractivity contribution in [1.29, 1.82) is 0 Å². The van der Waals surface area contributed by atoms with E-state index in [9.17, 15) is 4.79 Å². The number of aromatic amines is 1. The van der Waals surface area contributed by atoms with Gasteiger partial charge in [0.2, 0.25) is 5.75 Å². The van der Waals surface area contributed by atoms with Crippen LogP contribution in [0.5, 0.6) is 17.2 Å². The number of nitrogens with zero attached hydrogens (tertiary/aromatic N) is 2. The molecule has 1 atom stereocenters. The van der Waals surface area contributed by atoms with Crippen molar-refractivity contribution < 1.29 is 19.0 Å². The SMILES string of the molecule is COc1cc(C(=O)N2CCCC[C@@H]2c2nc3ccccc3[nH]2)cc(OC)c1OC. The van der Waals surface area contributed by atoms with Gasteiger partial charge in [0.15, 0.2) is 11.5 Å². The Morgan fingerprint density at radius 2 is 1.79 bits per heavy atom. The van der Waals surface area contributed by atoms with E-state index in [1.807, 2.05) is 29.2 Å². The van der Waals surface area contributed by atoms with Gasteiger partial charge in [0.1, 0.15) is 5.82 Å². The standard InChI is InChI=1S/C22H25N3O4/c1-27-18-12-14(13-19(28-2)20(18)29-3)22(26)25-11-7-6-10-17(25)21-23-15-8-4-5-9-16(15)24-21/h4-5,8-9,12-13,17H,6-7,10-11H2,1-3H3,(H,23,24)/t17-/m1/s1. The molecule has 0 bridgehead atoms. The van der Waals surface area contributed by atoms with Crippen LogP contribution in [0, 0.1) is 0 Å². The van der Waals surface area contributed by atoms with E-state index in [0.29, 0.717) is 29.4 Å². The molecule has 1 N–H and O–H groups in total. The van der Waals surface area contributed by atoms with Gasteiger partial charge >= 0.3 is 0 Å². The zero-order valence-corrected chi connectivity index (χ0v) is 16.9. The highest BCUT2D eigenvalue weighted by molar-refractivity contribution is 5.96. The number of carbonyl (C=O) groups is 1. The van der Waals surface area contributed by atoms with Gasteiger partial charge in [-0.25, -0.2) is 4.98 Å². The quantitative estimate of drug-likeness (QED) is 0.708. The molecule has 0 radical (unpaired) electrons. The number of aromatic nitrogens is 2. The molecule has 4 rings (SSSR count). The number of methoxy groups -OCH3 is 3. The molecule has 1 aliphatic rings. The van der Waals surface area contributed by atoms with E-state index in [2.05, 4.69) is 4.98 Å². The van der Waals surface area contributed by atoms with E-state index in [1.54, 1.807) is 33.5 Å². The molecule has 7 nitrogen and oxygen atoms in total. The van der Waals surface area contributed by atoms with Crippen LogP contribution in [0.4, 0.5) is 0 Å². The summed E-state index contributed by atoms with van der Waals surface area (Å²) in [5, 5.41) is 0. The number of benzene rings is 2. The van der Waals surface area contributed by atoms with Crippen molar-refractivity contribution >= 4 is 16.9 Å². The van der Waals surface area contributed by atoms with Crippen LogP contribution >= 0.6 is 0 Å². The van der Waals surface area contributed by atoms with Crippen molar-refractivity contribution in [1.82, 2.24) is 14.9 Å². The lowest BCUT2D eigenvalue weighted by Gasteiger charge is -2.34. The number of amides is 1. The van der Waals surface area contributed by atoms with Crippen LogP contribution in [-0.4, -0.2) is 48.6 Å². The number of imidazole rings is 1. The number of piperidine rings is 1. The zero-order valence-electron chi connectivity index (χ0n) is 16.9. The predicted molar refractivity (Wildman–Crippen MR) is 110 cm³/mol. The van der Waals surface area contributed by atoms with Gasteiger partial charge in [-0.1, -0.05) is 12.1 Å². The van der Waals surface area contributed by atoms with Crippen molar-refractivity contribution in [2.75, 3.05) is 27.9 Å². The van der Waals surface area contributed by atoms with E-state index in [1.165, 1.54) is 0 Å². The Bertz CT molecular complexity index is 972. The summed E-state index contributed by atoms with van der Waals surface area (Å²) in [6.07, 6.45) is 2.89. The Kier molecular flexibility index (Phi) is 5.29. The van der Waals surface area contributed by atoms with E-state index in [4.69, 9.17) is 19.2 Å². The summed E-state index contributed by atoms with van der Waals surface area (Å²) in [6, 6.07) is 11.2. The maximum absolute atomic E-state index is 13.5. The molecule has 1 aromatic heterocycles. The van der Waals surface area contributed by atoms with Gasteiger partial charge in [0.25, 0.3) is 5.91 Å². The molecule has 2 heterocycles. The molecule has 1 fully saturated rings. The molecule has 2 aromatic carbocycles. The zero-order chi connectivity index (χ0) is 20.4. The smallest absolute Gasteiger partial charge is 0.254 e. The van der Waals surface area contributed by atoms with Crippen LogP contribution < -0.4 is 14.2 Å². The average molecular weight is 395 g/mol. The van der Waals surface area contributed by atoms with Crippen molar-refractivity contribution in [2.24, 2.45) is 0 Å². The first-order valence-corrected chi connectivity index (χ1v) is 9.72. The molecular formula is C22H25N3O4. The highest BCUT2D eigenvalue weighted by Gasteiger charge is 2.32. The third-order valence-corrected chi connectivity index (χ3v) is 5.40. The first-order valence-electron chi connectivity index (χ1n) is 9.72. The highest BCUT2D eigenvalue weighted by atomic mass is 16.5. The Morgan fingerprint density at radius 1 is 1.07 bits per heavy atom. The van der Waals surface area contributed by atoms with Crippen molar-refractivity contribution in [3.63, 3.8) is 0 Å². The second-order valence-electron chi connectivity index (χ2n) is 7.06. The molecule has 0 spiro atoms.